The number of aliphatic hydroxyl groups excluding tert-OH is 2. The van der Waals surface area contributed by atoms with Crippen LogP contribution in [0.15, 0.2) is 36.5 Å². The fourth-order valence-corrected chi connectivity index (χ4v) is 9.21. The summed E-state index contributed by atoms with van der Waals surface area (Å²) in [5.74, 6) is -0.117. The van der Waals surface area contributed by atoms with Crippen LogP contribution in [-0.4, -0.2) is 47.4 Å². The molecular formula is C62H117NO5. The summed E-state index contributed by atoms with van der Waals surface area (Å²) in [6, 6.07) is -0.650. The van der Waals surface area contributed by atoms with Gasteiger partial charge in [0.2, 0.25) is 5.91 Å². The number of hydrogen-bond acceptors (Lipinski definition) is 5. The first kappa shape index (κ1) is 66.1. The van der Waals surface area contributed by atoms with Gasteiger partial charge in [-0.3, -0.25) is 9.59 Å². The average molecular weight is 957 g/mol. The molecular weight excluding hydrogens is 839 g/mol. The number of nitrogens with one attached hydrogen (secondary N) is 1. The normalized spacial score (nSPS) is 12.8. The predicted molar refractivity (Wildman–Crippen MR) is 296 cm³/mol. The molecule has 3 N–H and O–H groups in total. The lowest BCUT2D eigenvalue weighted by Gasteiger charge is -2.19. The number of unbranched alkanes of at least 4 members (excludes halogenated alkanes) is 41. The largest absolute Gasteiger partial charge is 0.466 e. The topological polar surface area (TPSA) is 95.9 Å². The summed E-state index contributed by atoms with van der Waals surface area (Å²) in [6.45, 7) is 4.87. The summed E-state index contributed by atoms with van der Waals surface area (Å²) in [5.41, 5.74) is 0. The van der Waals surface area contributed by atoms with Crippen molar-refractivity contribution in [1.29, 1.82) is 0 Å². The minimum atomic E-state index is -0.863. The molecule has 0 aliphatic carbocycles. The molecule has 0 fully saturated rings. The maximum Gasteiger partial charge on any atom is 0.305 e. The minimum absolute atomic E-state index is 0.0216. The Bertz CT molecular complexity index is 1100. The van der Waals surface area contributed by atoms with Crippen LogP contribution in [0.4, 0.5) is 0 Å². The number of ether oxygens (including phenoxy) is 1. The van der Waals surface area contributed by atoms with Crippen LogP contribution < -0.4 is 5.32 Å². The van der Waals surface area contributed by atoms with E-state index in [2.05, 4.69) is 43.5 Å². The molecule has 0 aromatic heterocycles. The van der Waals surface area contributed by atoms with Crippen molar-refractivity contribution in [3.63, 3.8) is 0 Å². The number of aliphatic hydroxyl groups is 2. The summed E-state index contributed by atoms with van der Waals surface area (Å²) in [6.07, 6.45) is 71.7. The summed E-state index contributed by atoms with van der Waals surface area (Å²) in [5, 5.41) is 23.2. The summed E-state index contributed by atoms with van der Waals surface area (Å²) >= 11 is 0. The molecule has 68 heavy (non-hydrogen) atoms. The lowest BCUT2D eigenvalue weighted by atomic mass is 10.0. The van der Waals surface area contributed by atoms with Crippen molar-refractivity contribution < 1.29 is 24.5 Å². The number of carbonyl (C=O) groups excluding carboxylic acids is 2. The molecule has 6 nitrogen and oxygen atoms in total. The highest BCUT2D eigenvalue weighted by atomic mass is 16.5. The van der Waals surface area contributed by atoms with E-state index < -0.39 is 12.1 Å². The van der Waals surface area contributed by atoms with E-state index in [9.17, 15) is 19.8 Å². The van der Waals surface area contributed by atoms with Gasteiger partial charge in [-0.25, -0.2) is 0 Å². The third-order valence-electron chi connectivity index (χ3n) is 13.9. The Balaban J connectivity index is 3.52. The highest BCUT2D eigenvalue weighted by Gasteiger charge is 2.18. The Labute approximate surface area is 424 Å². The van der Waals surface area contributed by atoms with Crippen molar-refractivity contribution in [1.82, 2.24) is 5.32 Å². The van der Waals surface area contributed by atoms with E-state index in [1.807, 2.05) is 6.08 Å². The Hall–Kier alpha value is -1.92. The molecule has 0 aliphatic heterocycles. The van der Waals surface area contributed by atoms with Crippen LogP contribution in [0.2, 0.25) is 0 Å². The third-order valence-corrected chi connectivity index (χ3v) is 13.9. The molecule has 2 atom stereocenters. The van der Waals surface area contributed by atoms with Crippen molar-refractivity contribution in [3.8, 4) is 0 Å². The highest BCUT2D eigenvalue weighted by molar-refractivity contribution is 5.76. The van der Waals surface area contributed by atoms with Crippen LogP contribution in [0.25, 0.3) is 0 Å². The molecule has 0 aromatic rings. The molecule has 0 spiro atoms. The molecule has 0 radical (unpaired) electrons. The highest BCUT2D eigenvalue weighted by Crippen LogP contribution is 2.17. The van der Waals surface area contributed by atoms with E-state index in [4.69, 9.17) is 4.74 Å². The first-order valence-electron chi connectivity index (χ1n) is 30.3. The van der Waals surface area contributed by atoms with Gasteiger partial charge in [0, 0.05) is 12.8 Å². The second-order valence-corrected chi connectivity index (χ2v) is 20.7. The Morgan fingerprint density at radius 1 is 0.397 bits per heavy atom. The number of amides is 1. The molecule has 2 unspecified atom stereocenters. The van der Waals surface area contributed by atoms with Gasteiger partial charge in [-0.15, -0.1) is 0 Å². The van der Waals surface area contributed by atoms with Gasteiger partial charge >= 0.3 is 5.97 Å². The molecule has 400 valence electrons. The van der Waals surface area contributed by atoms with Crippen molar-refractivity contribution in [3.05, 3.63) is 36.5 Å². The van der Waals surface area contributed by atoms with Crippen molar-refractivity contribution in [2.24, 2.45) is 0 Å². The smallest absolute Gasteiger partial charge is 0.305 e. The molecule has 0 saturated carbocycles. The summed E-state index contributed by atoms with van der Waals surface area (Å²) in [4.78, 5) is 24.5. The van der Waals surface area contributed by atoms with E-state index in [0.29, 0.717) is 19.4 Å². The monoisotopic (exact) mass is 956 g/mol. The Morgan fingerprint density at radius 3 is 1.06 bits per heavy atom. The zero-order valence-electron chi connectivity index (χ0n) is 45.6. The Kier molecular flexibility index (Phi) is 56.0. The lowest BCUT2D eigenvalue weighted by molar-refractivity contribution is -0.143. The van der Waals surface area contributed by atoms with Gasteiger partial charge in [-0.2, -0.15) is 0 Å². The minimum Gasteiger partial charge on any atom is -0.466 e. The molecule has 1 amide bonds. The molecule has 0 heterocycles. The number of rotatable bonds is 56. The average Bonchev–Trinajstić information content (AvgIpc) is 3.34. The molecule has 0 aromatic carbocycles. The molecule has 0 saturated heterocycles. The van der Waals surface area contributed by atoms with E-state index >= 15 is 0 Å². The zero-order chi connectivity index (χ0) is 49.3. The van der Waals surface area contributed by atoms with Crippen molar-refractivity contribution in [2.45, 2.75) is 334 Å². The second-order valence-electron chi connectivity index (χ2n) is 20.7. The first-order chi connectivity index (χ1) is 33.5. The van der Waals surface area contributed by atoms with Crippen LogP contribution in [0.3, 0.4) is 0 Å². The molecule has 0 bridgehead atoms. The fourth-order valence-electron chi connectivity index (χ4n) is 9.21. The SMILES string of the molecule is CCCCCCCC/C=C\CCCCCCCC(=O)OCCCCCCCC/C=C\CCCCCC(=O)NC(CO)C(O)/C=C/CCCCCCCCCCCCCCCCCCCCCCC. The zero-order valence-corrected chi connectivity index (χ0v) is 45.6. The maximum atomic E-state index is 12.5. The van der Waals surface area contributed by atoms with E-state index in [1.165, 1.54) is 225 Å². The lowest BCUT2D eigenvalue weighted by Crippen LogP contribution is -2.45. The predicted octanol–water partition coefficient (Wildman–Crippen LogP) is 18.8. The number of esters is 1. The van der Waals surface area contributed by atoms with Gasteiger partial charge in [-0.05, 0) is 83.5 Å². The van der Waals surface area contributed by atoms with Gasteiger partial charge in [0.25, 0.3) is 0 Å². The van der Waals surface area contributed by atoms with Crippen LogP contribution >= 0.6 is 0 Å². The van der Waals surface area contributed by atoms with Crippen LogP contribution in [0, 0.1) is 0 Å². The standard InChI is InChI=1S/C62H117NO5/c1-3-5-7-9-11-13-15-17-19-20-21-22-23-24-25-26-28-30-34-38-42-46-50-54-60(65)59(58-64)63-61(66)55-51-47-43-39-35-31-29-33-37-41-45-49-53-57-68-62(67)56-52-48-44-40-36-32-27-18-16-14-12-10-8-6-4-2/h18,27,31,35,50,54,59-60,64-65H,3-17,19-26,28-30,32-34,36-49,51-53,55-58H2,1-2H3,(H,63,66)/b27-18-,35-31-,54-50+. The first-order valence-corrected chi connectivity index (χ1v) is 30.3. The third kappa shape index (κ3) is 53.4. The number of carbonyl (C=O) groups is 2. The molecule has 6 heteroatoms. The maximum absolute atomic E-state index is 12.5. The van der Waals surface area contributed by atoms with E-state index in [-0.39, 0.29) is 18.5 Å². The molecule has 0 rings (SSSR count). The van der Waals surface area contributed by atoms with Crippen LogP contribution in [0.5, 0.6) is 0 Å². The van der Waals surface area contributed by atoms with Gasteiger partial charge in [0.15, 0.2) is 0 Å². The summed E-state index contributed by atoms with van der Waals surface area (Å²) in [7, 11) is 0. The Morgan fingerprint density at radius 2 is 0.691 bits per heavy atom. The van der Waals surface area contributed by atoms with E-state index in [0.717, 1.165) is 70.6 Å². The quantitative estimate of drug-likeness (QED) is 0.0321. The summed E-state index contributed by atoms with van der Waals surface area (Å²) < 4.78 is 5.46. The van der Waals surface area contributed by atoms with Gasteiger partial charge in [0.05, 0.1) is 25.4 Å². The fraction of sp³-hybridized carbons (Fsp3) is 0.871. The number of allylic oxidation sites excluding steroid dienone is 5. The molecule has 0 aliphatic rings. The van der Waals surface area contributed by atoms with Gasteiger partial charge in [0.1, 0.15) is 0 Å². The van der Waals surface area contributed by atoms with Gasteiger partial charge in [-0.1, -0.05) is 262 Å². The van der Waals surface area contributed by atoms with Crippen LogP contribution in [0.1, 0.15) is 322 Å². The van der Waals surface area contributed by atoms with Crippen molar-refractivity contribution in [2.75, 3.05) is 13.2 Å². The van der Waals surface area contributed by atoms with Crippen molar-refractivity contribution >= 4 is 11.9 Å². The van der Waals surface area contributed by atoms with E-state index in [1.54, 1.807) is 6.08 Å². The second kappa shape index (κ2) is 57.7. The van der Waals surface area contributed by atoms with Gasteiger partial charge < -0.3 is 20.3 Å². The number of hydrogen-bond donors (Lipinski definition) is 3. The van der Waals surface area contributed by atoms with Crippen LogP contribution in [-0.2, 0) is 14.3 Å².